The van der Waals surface area contributed by atoms with Gasteiger partial charge in [-0.2, -0.15) is 0 Å². The van der Waals surface area contributed by atoms with E-state index in [1.165, 1.54) is 25.0 Å². The Labute approximate surface area is 134 Å². The molecule has 3 aromatic heterocycles. The molecule has 1 aliphatic heterocycles. The van der Waals surface area contributed by atoms with Crippen molar-refractivity contribution in [1.29, 1.82) is 0 Å². The van der Waals surface area contributed by atoms with Crippen molar-refractivity contribution >= 4 is 11.5 Å². The number of hydrogen-bond acceptors (Lipinski definition) is 5. The molecule has 1 saturated heterocycles. The van der Waals surface area contributed by atoms with Gasteiger partial charge in [0.2, 0.25) is 0 Å². The summed E-state index contributed by atoms with van der Waals surface area (Å²) in [5, 5.41) is 8.61. The molecule has 3 aromatic rings. The Kier molecular flexibility index (Phi) is 2.83. The maximum atomic E-state index is 4.45. The van der Waals surface area contributed by atoms with Crippen molar-refractivity contribution in [1.82, 2.24) is 24.6 Å². The molecule has 0 aromatic carbocycles. The first-order chi connectivity index (χ1) is 11.4. The van der Waals surface area contributed by atoms with E-state index in [1.54, 1.807) is 6.33 Å². The molecule has 0 unspecified atom stereocenters. The van der Waals surface area contributed by atoms with E-state index < -0.39 is 0 Å². The van der Waals surface area contributed by atoms with E-state index in [0.29, 0.717) is 11.8 Å². The summed E-state index contributed by atoms with van der Waals surface area (Å²) in [7, 11) is 0. The number of fused-ring (bicyclic) bond motifs is 1. The van der Waals surface area contributed by atoms with Crippen LogP contribution in [0.15, 0.2) is 36.8 Å². The van der Waals surface area contributed by atoms with Crippen LogP contribution < -0.4 is 4.90 Å². The highest BCUT2D eigenvalue weighted by atomic mass is 15.3. The smallest absolute Gasteiger partial charge is 0.160 e. The molecule has 1 aliphatic carbocycles. The number of hydrogen-bond donors (Lipinski definition) is 0. The fourth-order valence-corrected chi connectivity index (χ4v) is 3.43. The zero-order valence-corrected chi connectivity index (χ0v) is 12.8. The number of pyridine rings is 1. The standard InChI is InChI=1S/C17H18N6/c1-2-7-23-15(6-1)20-21-17(23)13-9-22(10-13)16-8-14(18-11-19-16)12-4-3-5-12/h1-2,6-8,11-13H,3-5,9-10H2. The molecular formula is C17H18N6. The minimum absolute atomic E-state index is 0.412. The highest BCUT2D eigenvalue weighted by molar-refractivity contribution is 5.46. The van der Waals surface area contributed by atoms with Crippen LogP contribution in [0.4, 0.5) is 5.82 Å². The number of aromatic nitrogens is 5. The quantitative estimate of drug-likeness (QED) is 0.743. The first kappa shape index (κ1) is 13.0. The lowest BCUT2D eigenvalue weighted by atomic mass is 9.83. The minimum Gasteiger partial charge on any atom is -0.355 e. The minimum atomic E-state index is 0.412. The zero-order chi connectivity index (χ0) is 15.2. The highest BCUT2D eigenvalue weighted by Gasteiger charge is 2.33. The van der Waals surface area contributed by atoms with Crippen molar-refractivity contribution in [2.75, 3.05) is 18.0 Å². The second kappa shape index (κ2) is 5.01. The van der Waals surface area contributed by atoms with Crippen LogP contribution in [0.1, 0.15) is 42.6 Å². The van der Waals surface area contributed by atoms with Crippen LogP contribution in [0.25, 0.3) is 5.65 Å². The Hall–Kier alpha value is -2.50. The molecule has 5 rings (SSSR count). The van der Waals surface area contributed by atoms with Gasteiger partial charge in [-0.3, -0.25) is 4.40 Å². The first-order valence-corrected chi connectivity index (χ1v) is 8.25. The van der Waals surface area contributed by atoms with Crippen molar-refractivity contribution in [3.63, 3.8) is 0 Å². The molecule has 0 spiro atoms. The van der Waals surface area contributed by atoms with Gasteiger partial charge < -0.3 is 4.90 Å². The van der Waals surface area contributed by atoms with Crippen LogP contribution in [0, 0.1) is 0 Å². The molecule has 1 saturated carbocycles. The van der Waals surface area contributed by atoms with E-state index in [1.807, 2.05) is 24.4 Å². The third kappa shape index (κ3) is 2.09. The maximum absolute atomic E-state index is 4.45. The van der Waals surface area contributed by atoms with Gasteiger partial charge in [-0.05, 0) is 25.0 Å². The lowest BCUT2D eigenvalue weighted by Gasteiger charge is -2.39. The molecule has 2 fully saturated rings. The second-order valence-electron chi connectivity index (χ2n) is 6.52. The monoisotopic (exact) mass is 306 g/mol. The molecule has 2 aliphatic rings. The molecule has 4 heterocycles. The lowest BCUT2D eigenvalue weighted by molar-refractivity contribution is 0.410. The van der Waals surface area contributed by atoms with E-state index in [9.17, 15) is 0 Å². The second-order valence-corrected chi connectivity index (χ2v) is 6.52. The third-order valence-electron chi connectivity index (χ3n) is 5.11. The van der Waals surface area contributed by atoms with E-state index in [4.69, 9.17) is 0 Å². The Morgan fingerprint density at radius 1 is 1.00 bits per heavy atom. The van der Waals surface area contributed by atoms with Gasteiger partial charge in [0.25, 0.3) is 0 Å². The van der Waals surface area contributed by atoms with Gasteiger partial charge >= 0.3 is 0 Å². The van der Waals surface area contributed by atoms with Crippen LogP contribution >= 0.6 is 0 Å². The molecule has 0 bridgehead atoms. The molecule has 6 nitrogen and oxygen atoms in total. The fourth-order valence-electron chi connectivity index (χ4n) is 3.43. The van der Waals surface area contributed by atoms with Crippen LogP contribution in [0.2, 0.25) is 0 Å². The molecule has 0 radical (unpaired) electrons. The molecule has 0 N–H and O–H groups in total. The molecule has 116 valence electrons. The number of nitrogens with zero attached hydrogens (tertiary/aromatic N) is 6. The highest BCUT2D eigenvalue weighted by Crippen LogP contribution is 2.37. The Morgan fingerprint density at radius 3 is 2.74 bits per heavy atom. The van der Waals surface area contributed by atoms with Crippen molar-refractivity contribution in [2.24, 2.45) is 0 Å². The van der Waals surface area contributed by atoms with Crippen LogP contribution in [0.5, 0.6) is 0 Å². The van der Waals surface area contributed by atoms with Gasteiger partial charge in [0.1, 0.15) is 18.0 Å². The van der Waals surface area contributed by atoms with Crippen molar-refractivity contribution in [3.05, 3.63) is 48.3 Å². The average Bonchev–Trinajstić information content (AvgIpc) is 2.89. The number of rotatable bonds is 3. The largest absolute Gasteiger partial charge is 0.355 e. The molecule has 0 atom stereocenters. The summed E-state index contributed by atoms with van der Waals surface area (Å²) in [6, 6.07) is 8.17. The number of anilines is 1. The van der Waals surface area contributed by atoms with Gasteiger partial charge in [0.05, 0.1) is 5.92 Å². The first-order valence-electron chi connectivity index (χ1n) is 8.25. The van der Waals surface area contributed by atoms with Gasteiger partial charge in [0.15, 0.2) is 5.65 Å². The fraction of sp³-hybridized carbons (Fsp3) is 0.412. The van der Waals surface area contributed by atoms with E-state index in [2.05, 4.69) is 35.5 Å². The summed E-state index contributed by atoms with van der Waals surface area (Å²) in [6.45, 7) is 1.88. The Morgan fingerprint density at radius 2 is 1.91 bits per heavy atom. The molecular weight excluding hydrogens is 288 g/mol. The summed E-state index contributed by atoms with van der Waals surface area (Å²) >= 11 is 0. The predicted molar refractivity (Wildman–Crippen MR) is 86.6 cm³/mol. The van der Waals surface area contributed by atoms with Gasteiger partial charge in [-0.15, -0.1) is 10.2 Å². The maximum Gasteiger partial charge on any atom is 0.160 e. The molecule has 0 amide bonds. The van der Waals surface area contributed by atoms with Gasteiger partial charge in [-0.1, -0.05) is 12.5 Å². The van der Waals surface area contributed by atoms with E-state index >= 15 is 0 Å². The topological polar surface area (TPSA) is 59.2 Å². The van der Waals surface area contributed by atoms with E-state index in [0.717, 1.165) is 30.4 Å². The summed E-state index contributed by atoms with van der Waals surface area (Å²) in [5.41, 5.74) is 2.12. The van der Waals surface area contributed by atoms with Crippen molar-refractivity contribution < 1.29 is 0 Å². The Balaban J connectivity index is 1.34. The van der Waals surface area contributed by atoms with Crippen LogP contribution in [-0.4, -0.2) is 37.7 Å². The van der Waals surface area contributed by atoms with Crippen LogP contribution in [-0.2, 0) is 0 Å². The SMILES string of the molecule is c1ccn2c(C3CN(c4cc(C5CCC5)ncn4)C3)nnc2c1. The molecule has 6 heteroatoms. The van der Waals surface area contributed by atoms with Gasteiger partial charge in [0, 0.05) is 37.0 Å². The molecule has 23 heavy (non-hydrogen) atoms. The summed E-state index contributed by atoms with van der Waals surface area (Å²) in [5.74, 6) is 3.15. The lowest BCUT2D eigenvalue weighted by Crippen LogP contribution is -2.46. The van der Waals surface area contributed by atoms with Crippen LogP contribution in [0.3, 0.4) is 0 Å². The van der Waals surface area contributed by atoms with Gasteiger partial charge in [-0.25, -0.2) is 9.97 Å². The summed E-state index contributed by atoms with van der Waals surface area (Å²) < 4.78 is 2.09. The van der Waals surface area contributed by atoms with E-state index in [-0.39, 0.29) is 0 Å². The average molecular weight is 306 g/mol. The normalized spacial score (nSPS) is 18.9. The Bertz CT molecular complexity index is 847. The summed E-state index contributed by atoms with van der Waals surface area (Å²) in [6.07, 6.45) is 7.61. The zero-order valence-electron chi connectivity index (χ0n) is 12.8. The van der Waals surface area contributed by atoms with Crippen molar-refractivity contribution in [2.45, 2.75) is 31.1 Å². The summed E-state index contributed by atoms with van der Waals surface area (Å²) in [4.78, 5) is 11.2. The third-order valence-corrected chi connectivity index (χ3v) is 5.11. The predicted octanol–water partition coefficient (Wildman–Crippen LogP) is 2.39. The van der Waals surface area contributed by atoms with Crippen molar-refractivity contribution in [3.8, 4) is 0 Å².